The lowest BCUT2D eigenvalue weighted by Crippen LogP contribution is -2.51. The van der Waals surface area contributed by atoms with Gasteiger partial charge in [0.15, 0.2) is 5.78 Å². The molecule has 4 rings (SSSR count). The van der Waals surface area contributed by atoms with Gasteiger partial charge in [-0.25, -0.2) is 0 Å². The third-order valence-corrected chi connectivity index (χ3v) is 5.49. The fourth-order valence-corrected chi connectivity index (χ4v) is 5.09. The summed E-state index contributed by atoms with van der Waals surface area (Å²) in [5.41, 5.74) is 0. The topological polar surface area (TPSA) is 29.1 Å². The molecule has 4 aliphatic rings. The zero-order valence-electron chi connectivity index (χ0n) is 11.1. The summed E-state index contributed by atoms with van der Waals surface area (Å²) >= 11 is 0. The van der Waals surface area contributed by atoms with E-state index in [0.717, 1.165) is 30.2 Å². The van der Waals surface area contributed by atoms with Crippen molar-refractivity contribution in [3.8, 4) is 0 Å². The van der Waals surface area contributed by atoms with E-state index in [2.05, 4.69) is 19.2 Å². The van der Waals surface area contributed by atoms with E-state index in [-0.39, 0.29) is 6.04 Å². The first-order valence-corrected chi connectivity index (χ1v) is 7.46. The SMILES string of the molecule is CCNC(C)C(=O)C1C2CC3CC(C2)CC1C3. The van der Waals surface area contributed by atoms with Gasteiger partial charge in [-0.1, -0.05) is 6.92 Å². The lowest BCUT2D eigenvalue weighted by atomic mass is 9.51. The zero-order valence-corrected chi connectivity index (χ0v) is 11.1. The fraction of sp³-hybridized carbons (Fsp3) is 0.933. The summed E-state index contributed by atoms with van der Waals surface area (Å²) in [7, 11) is 0. The van der Waals surface area contributed by atoms with Crippen LogP contribution in [0.25, 0.3) is 0 Å². The molecule has 0 amide bonds. The van der Waals surface area contributed by atoms with Crippen molar-refractivity contribution in [3.05, 3.63) is 0 Å². The van der Waals surface area contributed by atoms with Crippen LogP contribution in [-0.4, -0.2) is 18.4 Å². The third-order valence-electron chi connectivity index (χ3n) is 5.49. The molecule has 0 heterocycles. The van der Waals surface area contributed by atoms with E-state index in [4.69, 9.17) is 0 Å². The van der Waals surface area contributed by atoms with Gasteiger partial charge in [-0.05, 0) is 69.2 Å². The molecule has 96 valence electrons. The molecule has 2 heteroatoms. The van der Waals surface area contributed by atoms with Crippen molar-refractivity contribution < 1.29 is 4.79 Å². The van der Waals surface area contributed by atoms with Gasteiger partial charge >= 0.3 is 0 Å². The minimum absolute atomic E-state index is 0.0718. The Labute approximate surface area is 105 Å². The maximum Gasteiger partial charge on any atom is 0.153 e. The summed E-state index contributed by atoms with van der Waals surface area (Å²) < 4.78 is 0. The molecule has 4 fully saturated rings. The van der Waals surface area contributed by atoms with Crippen LogP contribution in [0.1, 0.15) is 46.0 Å². The Morgan fingerprint density at radius 3 is 2.12 bits per heavy atom. The molecule has 1 N–H and O–H groups in total. The molecule has 0 radical (unpaired) electrons. The van der Waals surface area contributed by atoms with Crippen LogP contribution in [0.2, 0.25) is 0 Å². The van der Waals surface area contributed by atoms with Gasteiger partial charge < -0.3 is 5.32 Å². The van der Waals surface area contributed by atoms with Gasteiger partial charge in [0.1, 0.15) is 0 Å². The van der Waals surface area contributed by atoms with Crippen molar-refractivity contribution in [2.45, 2.75) is 52.0 Å². The van der Waals surface area contributed by atoms with Crippen LogP contribution < -0.4 is 5.32 Å². The van der Waals surface area contributed by atoms with E-state index in [1.165, 1.54) is 32.1 Å². The van der Waals surface area contributed by atoms with Crippen molar-refractivity contribution in [2.75, 3.05) is 6.54 Å². The van der Waals surface area contributed by atoms with Crippen molar-refractivity contribution >= 4 is 5.78 Å². The van der Waals surface area contributed by atoms with E-state index >= 15 is 0 Å². The molecular formula is C15H25NO. The van der Waals surface area contributed by atoms with Crippen molar-refractivity contribution in [3.63, 3.8) is 0 Å². The van der Waals surface area contributed by atoms with Crippen LogP contribution in [0.15, 0.2) is 0 Å². The molecule has 0 aromatic heterocycles. The molecule has 1 atom stereocenters. The second-order valence-corrected chi connectivity index (χ2v) is 6.64. The second-order valence-electron chi connectivity index (χ2n) is 6.64. The maximum absolute atomic E-state index is 12.6. The predicted octanol–water partition coefficient (Wildman–Crippen LogP) is 2.63. The molecule has 0 spiro atoms. The summed E-state index contributed by atoms with van der Waals surface area (Å²) in [5.74, 6) is 4.32. The Morgan fingerprint density at radius 2 is 1.65 bits per heavy atom. The fourth-order valence-electron chi connectivity index (χ4n) is 5.09. The minimum atomic E-state index is 0.0718. The Hall–Kier alpha value is -0.370. The van der Waals surface area contributed by atoms with Gasteiger partial charge in [0.2, 0.25) is 0 Å². The molecule has 4 saturated carbocycles. The molecular weight excluding hydrogens is 210 g/mol. The smallest absolute Gasteiger partial charge is 0.153 e. The number of carbonyl (C=O) groups is 1. The average Bonchev–Trinajstić information content (AvgIpc) is 2.27. The molecule has 1 unspecified atom stereocenters. The summed E-state index contributed by atoms with van der Waals surface area (Å²) in [5, 5.41) is 3.30. The predicted molar refractivity (Wildman–Crippen MR) is 68.7 cm³/mol. The Morgan fingerprint density at radius 1 is 1.12 bits per heavy atom. The lowest BCUT2D eigenvalue weighted by molar-refractivity contribution is -0.137. The normalized spacial score (nSPS) is 44.9. The van der Waals surface area contributed by atoms with E-state index in [0.29, 0.717) is 11.7 Å². The summed E-state index contributed by atoms with van der Waals surface area (Å²) in [4.78, 5) is 12.6. The molecule has 17 heavy (non-hydrogen) atoms. The highest BCUT2D eigenvalue weighted by molar-refractivity contribution is 5.86. The first-order chi connectivity index (χ1) is 8.19. The molecule has 2 nitrogen and oxygen atoms in total. The summed E-state index contributed by atoms with van der Waals surface area (Å²) in [6.07, 6.45) is 6.87. The maximum atomic E-state index is 12.6. The molecule has 4 bridgehead atoms. The largest absolute Gasteiger partial charge is 0.308 e. The van der Waals surface area contributed by atoms with Gasteiger partial charge in [0, 0.05) is 5.92 Å². The van der Waals surface area contributed by atoms with Crippen LogP contribution in [0.5, 0.6) is 0 Å². The molecule has 0 aliphatic heterocycles. The van der Waals surface area contributed by atoms with E-state index in [9.17, 15) is 4.79 Å². The standard InChI is InChI=1S/C15H25NO/c1-3-16-9(2)15(17)14-12-5-10-4-11(7-12)8-13(14)6-10/h9-14,16H,3-8H2,1-2H3. The second kappa shape index (κ2) is 4.38. The Bertz CT molecular complexity index is 284. The van der Waals surface area contributed by atoms with E-state index < -0.39 is 0 Å². The number of Topliss-reactive ketones (excluding diaryl/α,β-unsaturated/α-hetero) is 1. The van der Waals surface area contributed by atoms with Crippen molar-refractivity contribution in [1.82, 2.24) is 5.32 Å². The Kier molecular flexibility index (Phi) is 3.02. The number of hydrogen-bond acceptors (Lipinski definition) is 2. The van der Waals surface area contributed by atoms with Crippen LogP contribution in [-0.2, 0) is 4.79 Å². The number of nitrogens with one attached hydrogen (secondary N) is 1. The molecule has 4 aliphatic carbocycles. The van der Waals surface area contributed by atoms with Crippen molar-refractivity contribution in [2.24, 2.45) is 29.6 Å². The first kappa shape index (κ1) is 11.7. The number of carbonyl (C=O) groups excluding carboxylic acids is 1. The van der Waals surface area contributed by atoms with E-state index in [1.807, 2.05) is 0 Å². The number of likely N-dealkylation sites (N-methyl/N-ethyl adjacent to an activating group) is 1. The molecule has 0 aromatic rings. The van der Waals surface area contributed by atoms with Gasteiger partial charge in [0.25, 0.3) is 0 Å². The van der Waals surface area contributed by atoms with Crippen LogP contribution >= 0.6 is 0 Å². The highest BCUT2D eigenvalue weighted by Gasteiger charge is 2.51. The number of rotatable bonds is 4. The Balaban J connectivity index is 1.73. The highest BCUT2D eigenvalue weighted by Crippen LogP contribution is 2.56. The van der Waals surface area contributed by atoms with Crippen LogP contribution in [0.4, 0.5) is 0 Å². The quantitative estimate of drug-likeness (QED) is 0.811. The monoisotopic (exact) mass is 235 g/mol. The van der Waals surface area contributed by atoms with Gasteiger partial charge in [-0.15, -0.1) is 0 Å². The van der Waals surface area contributed by atoms with Crippen LogP contribution in [0, 0.1) is 29.6 Å². The van der Waals surface area contributed by atoms with Gasteiger partial charge in [-0.2, -0.15) is 0 Å². The lowest BCUT2D eigenvalue weighted by Gasteiger charge is -2.54. The van der Waals surface area contributed by atoms with Crippen molar-refractivity contribution in [1.29, 1.82) is 0 Å². The zero-order chi connectivity index (χ0) is 12.0. The average molecular weight is 235 g/mol. The third kappa shape index (κ3) is 1.95. The number of ketones is 1. The van der Waals surface area contributed by atoms with E-state index in [1.54, 1.807) is 0 Å². The van der Waals surface area contributed by atoms with Crippen LogP contribution in [0.3, 0.4) is 0 Å². The highest BCUT2D eigenvalue weighted by atomic mass is 16.1. The number of hydrogen-bond donors (Lipinski definition) is 1. The molecule has 0 aromatic carbocycles. The first-order valence-electron chi connectivity index (χ1n) is 7.46. The molecule has 0 saturated heterocycles. The minimum Gasteiger partial charge on any atom is -0.308 e. The summed E-state index contributed by atoms with van der Waals surface area (Å²) in [6.45, 7) is 5.04. The summed E-state index contributed by atoms with van der Waals surface area (Å²) in [6, 6.07) is 0.0718. The van der Waals surface area contributed by atoms with Gasteiger partial charge in [0.05, 0.1) is 6.04 Å². The van der Waals surface area contributed by atoms with Gasteiger partial charge in [-0.3, -0.25) is 4.79 Å².